The first-order valence-corrected chi connectivity index (χ1v) is 8.82. The fourth-order valence-electron chi connectivity index (χ4n) is 5.14. The molecule has 0 aromatic carbocycles. The van der Waals surface area contributed by atoms with Gasteiger partial charge in [0, 0.05) is 0 Å². The zero-order valence-electron chi connectivity index (χ0n) is 16.1. The van der Waals surface area contributed by atoms with Crippen LogP contribution < -0.4 is 0 Å². The highest BCUT2D eigenvalue weighted by Crippen LogP contribution is 2.76. The Labute approximate surface area is 129 Å². The molecule has 0 heteroatoms. The zero-order chi connectivity index (χ0) is 16.1. The summed E-state index contributed by atoms with van der Waals surface area (Å²) in [5.74, 6) is 4.01. The van der Waals surface area contributed by atoms with Gasteiger partial charge in [0.2, 0.25) is 0 Å². The predicted octanol–water partition coefficient (Wildman–Crippen LogP) is 6.65. The van der Waals surface area contributed by atoms with Crippen molar-refractivity contribution in [3.05, 3.63) is 0 Å². The Hall–Kier alpha value is 0. The van der Waals surface area contributed by atoms with Crippen molar-refractivity contribution in [2.45, 2.75) is 82.6 Å². The molecule has 120 valence electrons. The van der Waals surface area contributed by atoms with Crippen molar-refractivity contribution < 1.29 is 0 Å². The second-order valence-corrected chi connectivity index (χ2v) is 9.65. The van der Waals surface area contributed by atoms with Gasteiger partial charge in [-0.15, -0.1) is 0 Å². The minimum absolute atomic E-state index is 0.436. The standard InChI is InChI=1S/C20H40/c1-13(2)15(5)18(8,9)12-19(10)17(7)20(19,11)16(6)14(3)4/h13-17H,12H2,1-11H3. The third kappa shape index (κ3) is 2.57. The summed E-state index contributed by atoms with van der Waals surface area (Å²) in [6.45, 7) is 27.1. The summed E-state index contributed by atoms with van der Waals surface area (Å²) in [5, 5.41) is 0. The van der Waals surface area contributed by atoms with Gasteiger partial charge in [0.15, 0.2) is 0 Å². The van der Waals surface area contributed by atoms with Crippen molar-refractivity contribution in [1.82, 2.24) is 0 Å². The molecule has 0 nitrogen and oxygen atoms in total. The number of hydrogen-bond donors (Lipinski definition) is 0. The van der Waals surface area contributed by atoms with E-state index in [1.165, 1.54) is 6.42 Å². The lowest BCUT2D eigenvalue weighted by molar-refractivity contribution is 0.1000. The summed E-state index contributed by atoms with van der Waals surface area (Å²) in [5.41, 5.74) is 1.48. The van der Waals surface area contributed by atoms with Gasteiger partial charge in [0.25, 0.3) is 0 Å². The van der Waals surface area contributed by atoms with Crippen LogP contribution >= 0.6 is 0 Å². The van der Waals surface area contributed by atoms with Crippen molar-refractivity contribution in [2.24, 2.45) is 45.8 Å². The normalized spacial score (nSPS) is 37.4. The van der Waals surface area contributed by atoms with Gasteiger partial charge < -0.3 is 0 Å². The summed E-state index contributed by atoms with van der Waals surface area (Å²) in [4.78, 5) is 0. The van der Waals surface area contributed by atoms with Crippen LogP contribution in [-0.2, 0) is 0 Å². The van der Waals surface area contributed by atoms with Crippen LogP contribution in [0.4, 0.5) is 0 Å². The van der Waals surface area contributed by atoms with Crippen LogP contribution in [0.3, 0.4) is 0 Å². The van der Waals surface area contributed by atoms with Gasteiger partial charge in [-0.1, -0.05) is 76.2 Å². The van der Waals surface area contributed by atoms with Crippen molar-refractivity contribution in [1.29, 1.82) is 0 Å². The van der Waals surface area contributed by atoms with E-state index in [4.69, 9.17) is 0 Å². The second-order valence-electron chi connectivity index (χ2n) is 9.65. The SMILES string of the molecule is CC(C)C(C)C(C)(C)CC1(C)C(C)C1(C)C(C)C(C)C. The number of hydrogen-bond acceptors (Lipinski definition) is 0. The van der Waals surface area contributed by atoms with Crippen LogP contribution in [0.1, 0.15) is 82.6 Å². The molecule has 0 bridgehead atoms. The van der Waals surface area contributed by atoms with E-state index in [9.17, 15) is 0 Å². The van der Waals surface area contributed by atoms with E-state index < -0.39 is 0 Å². The Balaban J connectivity index is 2.93. The van der Waals surface area contributed by atoms with Crippen LogP contribution in [0, 0.1) is 45.8 Å². The molecule has 0 heterocycles. The van der Waals surface area contributed by atoms with Crippen molar-refractivity contribution in [3.8, 4) is 0 Å². The van der Waals surface area contributed by atoms with E-state index in [-0.39, 0.29) is 0 Å². The molecule has 0 aromatic rings. The smallest absolute Gasteiger partial charge is 0.0210 e. The van der Waals surface area contributed by atoms with Crippen LogP contribution in [-0.4, -0.2) is 0 Å². The van der Waals surface area contributed by atoms with Crippen LogP contribution in [0.15, 0.2) is 0 Å². The maximum atomic E-state index is 2.56. The van der Waals surface area contributed by atoms with Crippen molar-refractivity contribution in [3.63, 3.8) is 0 Å². The Kier molecular flexibility index (Phi) is 4.81. The Morgan fingerprint density at radius 2 is 1.35 bits per heavy atom. The fraction of sp³-hybridized carbons (Fsp3) is 1.00. The first-order valence-electron chi connectivity index (χ1n) is 8.82. The van der Waals surface area contributed by atoms with E-state index in [1.54, 1.807) is 0 Å². The Morgan fingerprint density at radius 1 is 0.900 bits per heavy atom. The van der Waals surface area contributed by atoms with Crippen molar-refractivity contribution >= 4 is 0 Å². The molecule has 20 heavy (non-hydrogen) atoms. The Bertz CT molecular complexity index is 338. The molecule has 5 unspecified atom stereocenters. The molecule has 1 saturated carbocycles. The molecule has 0 radical (unpaired) electrons. The third-order valence-corrected chi connectivity index (χ3v) is 8.00. The topological polar surface area (TPSA) is 0 Å². The van der Waals surface area contributed by atoms with E-state index in [0.717, 1.165) is 29.6 Å². The number of rotatable bonds is 6. The quantitative estimate of drug-likeness (QED) is 0.511. The summed E-state index contributed by atoms with van der Waals surface area (Å²) >= 11 is 0. The molecule has 0 saturated heterocycles. The third-order valence-electron chi connectivity index (χ3n) is 8.00. The van der Waals surface area contributed by atoms with Gasteiger partial charge in [-0.2, -0.15) is 0 Å². The average Bonchev–Trinajstić information content (AvgIpc) is 2.73. The van der Waals surface area contributed by atoms with Gasteiger partial charge in [-0.25, -0.2) is 0 Å². The average molecular weight is 281 g/mol. The van der Waals surface area contributed by atoms with E-state index >= 15 is 0 Å². The van der Waals surface area contributed by atoms with E-state index in [2.05, 4.69) is 76.2 Å². The molecule has 0 amide bonds. The van der Waals surface area contributed by atoms with Gasteiger partial charge in [0.05, 0.1) is 0 Å². The lowest BCUT2D eigenvalue weighted by Crippen LogP contribution is -2.31. The first kappa shape index (κ1) is 18.1. The zero-order valence-corrected chi connectivity index (χ0v) is 16.1. The maximum absolute atomic E-state index is 2.56. The molecule has 1 rings (SSSR count). The molecule has 1 aliphatic rings. The van der Waals surface area contributed by atoms with E-state index in [1.807, 2.05) is 0 Å². The fourth-order valence-corrected chi connectivity index (χ4v) is 5.14. The summed E-state index contributed by atoms with van der Waals surface area (Å²) in [7, 11) is 0. The van der Waals surface area contributed by atoms with Gasteiger partial charge in [0.1, 0.15) is 0 Å². The van der Waals surface area contributed by atoms with Gasteiger partial charge >= 0.3 is 0 Å². The monoisotopic (exact) mass is 280 g/mol. The lowest BCUT2D eigenvalue weighted by atomic mass is 9.66. The van der Waals surface area contributed by atoms with Gasteiger partial charge in [-0.3, -0.25) is 0 Å². The molecule has 0 spiro atoms. The van der Waals surface area contributed by atoms with Crippen LogP contribution in [0.25, 0.3) is 0 Å². The minimum Gasteiger partial charge on any atom is -0.0625 e. The molecule has 1 fully saturated rings. The molecule has 1 aliphatic carbocycles. The predicted molar refractivity (Wildman–Crippen MR) is 91.8 cm³/mol. The van der Waals surface area contributed by atoms with Crippen LogP contribution in [0.2, 0.25) is 0 Å². The molecular weight excluding hydrogens is 240 g/mol. The highest BCUT2D eigenvalue weighted by molar-refractivity contribution is 5.18. The highest BCUT2D eigenvalue weighted by Gasteiger charge is 2.70. The first-order chi connectivity index (χ1) is 8.82. The minimum atomic E-state index is 0.436. The molecule has 5 atom stereocenters. The summed E-state index contributed by atoms with van der Waals surface area (Å²) < 4.78 is 0. The molecule has 0 aliphatic heterocycles. The molecule has 0 N–H and O–H groups in total. The Morgan fingerprint density at radius 3 is 1.70 bits per heavy atom. The summed E-state index contributed by atoms with van der Waals surface area (Å²) in [6.07, 6.45) is 1.37. The van der Waals surface area contributed by atoms with Crippen LogP contribution in [0.5, 0.6) is 0 Å². The second kappa shape index (κ2) is 5.33. The largest absolute Gasteiger partial charge is 0.0625 e. The maximum Gasteiger partial charge on any atom is -0.0210 e. The molecular formula is C20H40. The highest BCUT2D eigenvalue weighted by atomic mass is 14.7. The lowest BCUT2D eigenvalue weighted by Gasteiger charge is -2.39. The summed E-state index contributed by atoms with van der Waals surface area (Å²) in [6, 6.07) is 0. The van der Waals surface area contributed by atoms with Crippen molar-refractivity contribution in [2.75, 3.05) is 0 Å². The molecule has 0 aromatic heterocycles. The van der Waals surface area contributed by atoms with E-state index in [0.29, 0.717) is 16.2 Å². The van der Waals surface area contributed by atoms with Gasteiger partial charge in [-0.05, 0) is 52.3 Å².